The van der Waals surface area contributed by atoms with Crippen molar-refractivity contribution in [2.24, 2.45) is 0 Å². The Bertz CT molecular complexity index is 321. The van der Waals surface area contributed by atoms with Crippen molar-refractivity contribution < 1.29 is 24.5 Å². The Morgan fingerprint density at radius 3 is 2.58 bits per heavy atom. The molecule has 1 heterocycles. The van der Waals surface area contributed by atoms with Gasteiger partial charge in [0.2, 0.25) is 0 Å². The third kappa shape index (κ3) is 5.44. The van der Waals surface area contributed by atoms with Crippen molar-refractivity contribution in [1.82, 2.24) is 10.6 Å². The molecule has 19 heavy (non-hydrogen) atoms. The molecule has 0 unspecified atom stereocenters. The highest BCUT2D eigenvalue weighted by molar-refractivity contribution is 5.74. The minimum atomic E-state index is -0.925. The Hall–Kier alpha value is -1.34. The van der Waals surface area contributed by atoms with Gasteiger partial charge in [-0.2, -0.15) is 0 Å². The molecule has 1 aliphatic heterocycles. The normalized spacial score (nSPS) is 27.1. The highest BCUT2D eigenvalue weighted by Gasteiger charge is 2.32. The maximum absolute atomic E-state index is 11.6. The van der Waals surface area contributed by atoms with E-state index in [2.05, 4.69) is 10.6 Å². The van der Waals surface area contributed by atoms with E-state index in [0.717, 1.165) is 0 Å². The first kappa shape index (κ1) is 15.7. The maximum atomic E-state index is 11.6. The van der Waals surface area contributed by atoms with Gasteiger partial charge in [-0.3, -0.25) is 4.79 Å². The van der Waals surface area contributed by atoms with Gasteiger partial charge in [-0.15, -0.1) is 0 Å². The fourth-order valence-electron chi connectivity index (χ4n) is 2.11. The predicted octanol–water partition coefficient (Wildman–Crippen LogP) is 0.0772. The first-order valence-electron chi connectivity index (χ1n) is 6.47. The first-order chi connectivity index (χ1) is 8.92. The molecule has 0 aromatic heterocycles. The lowest BCUT2D eigenvalue weighted by molar-refractivity contribution is -0.145. The average molecular weight is 274 g/mol. The summed E-state index contributed by atoms with van der Waals surface area (Å²) in [5.41, 5.74) is 0. The number of aliphatic hydroxyl groups is 1. The van der Waals surface area contributed by atoms with Gasteiger partial charge in [-0.25, -0.2) is 4.79 Å². The number of hydrogen-bond donors (Lipinski definition) is 4. The van der Waals surface area contributed by atoms with Gasteiger partial charge in [0, 0.05) is 6.04 Å². The zero-order valence-corrected chi connectivity index (χ0v) is 11.3. The standard InChI is InChI=1S/C12H22N2O5/c1-7(2)13-12(18)14-9-4-3-8(5-11(16)17)19-10(9)6-15/h7-10,15H,3-6H2,1-2H3,(H,16,17)(H2,13,14,18)/t8-,9+,10+/m0/s1. The number of carboxylic acids is 1. The lowest BCUT2D eigenvalue weighted by atomic mass is 9.97. The van der Waals surface area contributed by atoms with E-state index in [0.29, 0.717) is 12.8 Å². The second-order valence-electron chi connectivity index (χ2n) is 5.03. The molecule has 7 heteroatoms. The molecule has 2 amide bonds. The quantitative estimate of drug-likeness (QED) is 0.568. The van der Waals surface area contributed by atoms with Crippen LogP contribution in [-0.2, 0) is 9.53 Å². The maximum Gasteiger partial charge on any atom is 0.315 e. The van der Waals surface area contributed by atoms with Gasteiger partial charge in [0.15, 0.2) is 0 Å². The Labute approximate surface area is 112 Å². The van der Waals surface area contributed by atoms with Crippen LogP contribution in [0.4, 0.5) is 4.79 Å². The smallest absolute Gasteiger partial charge is 0.315 e. The first-order valence-corrected chi connectivity index (χ1v) is 6.47. The van der Waals surface area contributed by atoms with E-state index in [1.165, 1.54) is 0 Å². The van der Waals surface area contributed by atoms with Crippen LogP contribution in [0.15, 0.2) is 0 Å². The molecule has 7 nitrogen and oxygen atoms in total. The van der Waals surface area contributed by atoms with E-state index in [9.17, 15) is 14.7 Å². The minimum absolute atomic E-state index is 0.0249. The van der Waals surface area contributed by atoms with Crippen molar-refractivity contribution in [2.75, 3.05) is 6.61 Å². The Kier molecular flexibility index (Phi) is 6.04. The van der Waals surface area contributed by atoms with E-state index in [1.54, 1.807) is 0 Å². The van der Waals surface area contributed by atoms with E-state index in [-0.39, 0.29) is 31.1 Å². The molecule has 0 aromatic carbocycles. The highest BCUT2D eigenvalue weighted by atomic mass is 16.5. The SMILES string of the molecule is CC(C)NC(=O)N[C@@H]1CC[C@@H](CC(=O)O)O[C@@H]1CO. The number of amides is 2. The van der Waals surface area contributed by atoms with Crippen LogP contribution in [0.5, 0.6) is 0 Å². The molecule has 1 fully saturated rings. The molecule has 1 aliphatic rings. The average Bonchev–Trinajstić information content (AvgIpc) is 2.29. The molecule has 0 aromatic rings. The summed E-state index contributed by atoms with van der Waals surface area (Å²) < 4.78 is 5.49. The van der Waals surface area contributed by atoms with Crippen LogP contribution < -0.4 is 10.6 Å². The molecule has 0 spiro atoms. The van der Waals surface area contributed by atoms with Crippen LogP contribution >= 0.6 is 0 Å². The molecule has 0 aliphatic carbocycles. The topological polar surface area (TPSA) is 108 Å². The zero-order chi connectivity index (χ0) is 14.4. The number of carbonyl (C=O) groups is 2. The highest BCUT2D eigenvalue weighted by Crippen LogP contribution is 2.21. The van der Waals surface area contributed by atoms with Crippen LogP contribution in [0.3, 0.4) is 0 Å². The fraction of sp³-hybridized carbons (Fsp3) is 0.833. The fourth-order valence-corrected chi connectivity index (χ4v) is 2.11. The Balaban J connectivity index is 2.47. The van der Waals surface area contributed by atoms with Gasteiger partial charge in [0.25, 0.3) is 0 Å². The molecule has 4 N–H and O–H groups in total. The summed E-state index contributed by atoms with van der Waals surface area (Å²) in [7, 11) is 0. The molecule has 3 atom stereocenters. The second kappa shape index (κ2) is 7.30. The van der Waals surface area contributed by atoms with Crippen molar-refractivity contribution in [2.45, 2.75) is 57.4 Å². The summed E-state index contributed by atoms with van der Waals surface area (Å²) in [6.07, 6.45) is 0.0998. The number of urea groups is 1. The number of aliphatic hydroxyl groups excluding tert-OH is 1. The number of carboxylic acid groups (broad SMARTS) is 1. The van der Waals surface area contributed by atoms with Crippen LogP contribution in [-0.4, -0.2) is 53.1 Å². The molecular formula is C12H22N2O5. The molecule has 1 rings (SSSR count). The summed E-state index contributed by atoms with van der Waals surface area (Å²) in [5, 5.41) is 23.4. The zero-order valence-electron chi connectivity index (χ0n) is 11.3. The molecule has 110 valence electrons. The van der Waals surface area contributed by atoms with E-state index >= 15 is 0 Å². The Morgan fingerprint density at radius 1 is 1.37 bits per heavy atom. The van der Waals surface area contributed by atoms with Crippen LogP contribution in [0.1, 0.15) is 33.1 Å². The largest absolute Gasteiger partial charge is 0.481 e. The van der Waals surface area contributed by atoms with Gasteiger partial charge >= 0.3 is 12.0 Å². The summed E-state index contributed by atoms with van der Waals surface area (Å²) in [4.78, 5) is 22.2. The summed E-state index contributed by atoms with van der Waals surface area (Å²) in [5.74, 6) is -0.925. The lowest BCUT2D eigenvalue weighted by Crippen LogP contribution is -2.54. The van der Waals surface area contributed by atoms with Crippen molar-refractivity contribution >= 4 is 12.0 Å². The number of ether oxygens (including phenoxy) is 1. The minimum Gasteiger partial charge on any atom is -0.481 e. The number of rotatable bonds is 5. The van der Waals surface area contributed by atoms with Crippen LogP contribution in [0.2, 0.25) is 0 Å². The van der Waals surface area contributed by atoms with Crippen molar-refractivity contribution in [3.8, 4) is 0 Å². The molecule has 0 bridgehead atoms. The molecule has 0 radical (unpaired) electrons. The van der Waals surface area contributed by atoms with Gasteiger partial charge in [-0.1, -0.05) is 0 Å². The molecular weight excluding hydrogens is 252 g/mol. The molecule has 0 saturated carbocycles. The van der Waals surface area contributed by atoms with Gasteiger partial charge in [-0.05, 0) is 26.7 Å². The van der Waals surface area contributed by atoms with E-state index < -0.39 is 18.2 Å². The monoisotopic (exact) mass is 274 g/mol. The van der Waals surface area contributed by atoms with Gasteiger partial charge in [0.1, 0.15) is 6.10 Å². The summed E-state index contributed by atoms with van der Waals surface area (Å²) in [6.45, 7) is 3.45. The Morgan fingerprint density at radius 2 is 2.05 bits per heavy atom. The summed E-state index contributed by atoms with van der Waals surface area (Å²) in [6, 6.07) is -0.579. The van der Waals surface area contributed by atoms with Gasteiger partial charge < -0.3 is 25.6 Å². The lowest BCUT2D eigenvalue weighted by Gasteiger charge is -2.35. The third-order valence-corrected chi connectivity index (χ3v) is 2.93. The van der Waals surface area contributed by atoms with Crippen molar-refractivity contribution in [3.63, 3.8) is 0 Å². The van der Waals surface area contributed by atoms with Crippen LogP contribution in [0, 0.1) is 0 Å². The van der Waals surface area contributed by atoms with Crippen LogP contribution in [0.25, 0.3) is 0 Å². The summed E-state index contributed by atoms with van der Waals surface area (Å²) >= 11 is 0. The predicted molar refractivity (Wildman–Crippen MR) is 67.8 cm³/mol. The number of aliphatic carboxylic acids is 1. The molecule has 1 saturated heterocycles. The van der Waals surface area contributed by atoms with E-state index in [4.69, 9.17) is 9.84 Å². The third-order valence-electron chi connectivity index (χ3n) is 2.93. The van der Waals surface area contributed by atoms with Crippen molar-refractivity contribution in [1.29, 1.82) is 0 Å². The number of carbonyl (C=O) groups excluding carboxylic acids is 1. The number of hydrogen-bond acceptors (Lipinski definition) is 4. The van der Waals surface area contributed by atoms with Crippen molar-refractivity contribution in [3.05, 3.63) is 0 Å². The van der Waals surface area contributed by atoms with E-state index in [1.807, 2.05) is 13.8 Å². The second-order valence-corrected chi connectivity index (χ2v) is 5.03. The number of nitrogens with one attached hydrogen (secondary N) is 2. The van der Waals surface area contributed by atoms with Gasteiger partial charge in [0.05, 0.1) is 25.2 Å².